The van der Waals surface area contributed by atoms with E-state index < -0.39 is 0 Å². The lowest BCUT2D eigenvalue weighted by molar-refractivity contribution is 0.397. The molecule has 0 amide bonds. The van der Waals surface area contributed by atoms with E-state index >= 15 is 0 Å². The molecule has 0 aliphatic carbocycles. The molecule has 1 unspecified atom stereocenters. The summed E-state index contributed by atoms with van der Waals surface area (Å²) >= 11 is 0. The molecule has 1 atom stereocenters. The van der Waals surface area contributed by atoms with Gasteiger partial charge in [0.1, 0.15) is 0 Å². The molecule has 2 heteroatoms. The van der Waals surface area contributed by atoms with Gasteiger partial charge in [-0.2, -0.15) is 0 Å². The van der Waals surface area contributed by atoms with Crippen molar-refractivity contribution < 1.29 is 0 Å². The van der Waals surface area contributed by atoms with E-state index in [0.29, 0.717) is 6.04 Å². The van der Waals surface area contributed by atoms with Crippen molar-refractivity contribution in [2.45, 2.75) is 45.1 Å². The summed E-state index contributed by atoms with van der Waals surface area (Å²) in [4.78, 5) is 4.50. The number of rotatable bonds is 3. The zero-order chi connectivity index (χ0) is 10.5. The van der Waals surface area contributed by atoms with Crippen molar-refractivity contribution >= 4 is 0 Å². The second kappa shape index (κ2) is 5.26. The van der Waals surface area contributed by atoms with Crippen LogP contribution in [0.2, 0.25) is 0 Å². The molecule has 1 aliphatic heterocycles. The van der Waals surface area contributed by atoms with Gasteiger partial charge in [0, 0.05) is 24.4 Å². The molecule has 82 valence electrons. The highest BCUT2D eigenvalue weighted by Gasteiger charge is 2.13. The molecule has 0 spiro atoms. The number of hydrogen-bond donors (Lipinski definition) is 1. The fourth-order valence-corrected chi connectivity index (χ4v) is 2.14. The summed E-state index contributed by atoms with van der Waals surface area (Å²) in [5.74, 6) is 0. The van der Waals surface area contributed by atoms with Gasteiger partial charge in [-0.1, -0.05) is 19.4 Å². The van der Waals surface area contributed by atoms with Gasteiger partial charge in [-0.3, -0.25) is 4.98 Å². The molecule has 15 heavy (non-hydrogen) atoms. The number of piperidine rings is 1. The molecule has 1 aliphatic rings. The minimum atomic E-state index is 0.652. The zero-order valence-electron chi connectivity index (χ0n) is 9.50. The van der Waals surface area contributed by atoms with Crippen molar-refractivity contribution in [3.05, 3.63) is 29.6 Å². The second-order valence-electron chi connectivity index (χ2n) is 4.36. The number of nitrogens with one attached hydrogen (secondary N) is 1. The maximum atomic E-state index is 4.50. The van der Waals surface area contributed by atoms with Crippen LogP contribution in [0.3, 0.4) is 0 Å². The van der Waals surface area contributed by atoms with Crippen LogP contribution < -0.4 is 5.32 Å². The van der Waals surface area contributed by atoms with Crippen LogP contribution in [-0.4, -0.2) is 17.6 Å². The molecular weight excluding hydrogens is 184 g/mol. The predicted octanol–water partition coefficient (Wildman–Crippen LogP) is 2.33. The average Bonchev–Trinajstić information content (AvgIpc) is 2.31. The Bertz CT molecular complexity index is 286. The first-order valence-electron chi connectivity index (χ1n) is 6.05. The van der Waals surface area contributed by atoms with E-state index in [0.717, 1.165) is 12.8 Å². The molecule has 2 rings (SSSR count). The third-order valence-corrected chi connectivity index (χ3v) is 3.16. The normalized spacial score (nSPS) is 21.5. The number of hydrogen-bond acceptors (Lipinski definition) is 2. The van der Waals surface area contributed by atoms with Gasteiger partial charge in [0.25, 0.3) is 0 Å². The van der Waals surface area contributed by atoms with Crippen LogP contribution >= 0.6 is 0 Å². The van der Waals surface area contributed by atoms with Gasteiger partial charge < -0.3 is 5.32 Å². The van der Waals surface area contributed by atoms with Crippen LogP contribution in [0, 0.1) is 0 Å². The summed E-state index contributed by atoms with van der Waals surface area (Å²) in [6, 6.07) is 5.03. The van der Waals surface area contributed by atoms with E-state index in [1.165, 1.54) is 37.1 Å². The van der Waals surface area contributed by atoms with Gasteiger partial charge in [0.2, 0.25) is 0 Å². The molecule has 1 aromatic rings. The third-order valence-electron chi connectivity index (χ3n) is 3.16. The quantitative estimate of drug-likeness (QED) is 0.817. The molecule has 0 saturated carbocycles. The molecule has 0 aromatic carbocycles. The Morgan fingerprint density at radius 1 is 1.40 bits per heavy atom. The van der Waals surface area contributed by atoms with Crippen LogP contribution in [0.5, 0.6) is 0 Å². The maximum absolute atomic E-state index is 4.50. The number of nitrogens with zero attached hydrogens (tertiary/aromatic N) is 1. The molecular formula is C13H20N2. The van der Waals surface area contributed by atoms with Gasteiger partial charge in [-0.05, 0) is 37.4 Å². The summed E-state index contributed by atoms with van der Waals surface area (Å²) in [6.07, 6.45) is 8.18. The van der Waals surface area contributed by atoms with Crippen molar-refractivity contribution in [3.63, 3.8) is 0 Å². The monoisotopic (exact) mass is 204 g/mol. The lowest BCUT2D eigenvalue weighted by atomic mass is 10.00. The van der Waals surface area contributed by atoms with E-state index in [1.54, 1.807) is 0 Å². The summed E-state index contributed by atoms with van der Waals surface area (Å²) in [6.45, 7) is 3.34. The van der Waals surface area contributed by atoms with Crippen LogP contribution in [0.1, 0.15) is 37.4 Å². The lowest BCUT2D eigenvalue weighted by Gasteiger charge is -2.23. The molecule has 0 radical (unpaired) electrons. The third kappa shape index (κ3) is 3.03. The Morgan fingerprint density at radius 3 is 2.93 bits per heavy atom. The van der Waals surface area contributed by atoms with Crippen LogP contribution in [0.15, 0.2) is 18.3 Å². The van der Waals surface area contributed by atoms with E-state index in [4.69, 9.17) is 0 Å². The highest BCUT2D eigenvalue weighted by atomic mass is 14.9. The van der Waals surface area contributed by atoms with Gasteiger partial charge in [-0.15, -0.1) is 0 Å². The van der Waals surface area contributed by atoms with E-state index in [-0.39, 0.29) is 0 Å². The second-order valence-corrected chi connectivity index (χ2v) is 4.36. The summed E-state index contributed by atoms with van der Waals surface area (Å²) in [5, 5.41) is 3.56. The van der Waals surface area contributed by atoms with E-state index in [1.807, 2.05) is 6.20 Å². The Labute approximate surface area is 92.1 Å². The van der Waals surface area contributed by atoms with Gasteiger partial charge in [-0.25, -0.2) is 0 Å². The van der Waals surface area contributed by atoms with Crippen molar-refractivity contribution in [3.8, 4) is 0 Å². The first kappa shape index (κ1) is 10.6. The topological polar surface area (TPSA) is 24.9 Å². The molecule has 1 saturated heterocycles. The fraction of sp³-hybridized carbons (Fsp3) is 0.615. The van der Waals surface area contributed by atoms with Gasteiger partial charge in [0.15, 0.2) is 0 Å². The molecule has 0 bridgehead atoms. The molecule has 1 aromatic heterocycles. The van der Waals surface area contributed by atoms with E-state index in [2.05, 4.69) is 29.4 Å². The van der Waals surface area contributed by atoms with Crippen molar-refractivity contribution in [2.75, 3.05) is 6.54 Å². The molecule has 2 nitrogen and oxygen atoms in total. The molecule has 1 fully saturated rings. The van der Waals surface area contributed by atoms with Crippen molar-refractivity contribution in [2.24, 2.45) is 0 Å². The van der Waals surface area contributed by atoms with Crippen molar-refractivity contribution in [1.29, 1.82) is 0 Å². The highest BCUT2D eigenvalue weighted by Crippen LogP contribution is 2.11. The fourth-order valence-electron chi connectivity index (χ4n) is 2.14. The number of pyridine rings is 1. The average molecular weight is 204 g/mol. The lowest BCUT2D eigenvalue weighted by Crippen LogP contribution is -2.35. The summed E-state index contributed by atoms with van der Waals surface area (Å²) in [5.41, 5.74) is 2.56. The number of aromatic nitrogens is 1. The summed E-state index contributed by atoms with van der Waals surface area (Å²) in [7, 11) is 0. The zero-order valence-corrected chi connectivity index (χ0v) is 9.50. The first-order valence-corrected chi connectivity index (χ1v) is 6.05. The minimum absolute atomic E-state index is 0.652. The van der Waals surface area contributed by atoms with Crippen LogP contribution in [0.25, 0.3) is 0 Å². The largest absolute Gasteiger partial charge is 0.314 e. The standard InChI is InChI=1S/C13H20N2/c1-2-11-6-7-13(15-10-11)9-12-5-3-4-8-14-12/h6-7,10,12,14H,2-5,8-9H2,1H3. The van der Waals surface area contributed by atoms with Crippen LogP contribution in [-0.2, 0) is 12.8 Å². The Morgan fingerprint density at radius 2 is 2.33 bits per heavy atom. The van der Waals surface area contributed by atoms with Gasteiger partial charge in [0.05, 0.1) is 0 Å². The molecule has 2 heterocycles. The Balaban J connectivity index is 1.91. The smallest absolute Gasteiger partial charge is 0.0419 e. The SMILES string of the molecule is CCc1ccc(CC2CCCCN2)nc1. The van der Waals surface area contributed by atoms with Gasteiger partial charge >= 0.3 is 0 Å². The van der Waals surface area contributed by atoms with Crippen LogP contribution in [0.4, 0.5) is 0 Å². The highest BCUT2D eigenvalue weighted by molar-refractivity contribution is 5.14. The first-order chi connectivity index (χ1) is 7.38. The molecule has 1 N–H and O–H groups in total. The summed E-state index contributed by atoms with van der Waals surface area (Å²) < 4.78 is 0. The number of aryl methyl sites for hydroxylation is 1. The Hall–Kier alpha value is -0.890. The Kier molecular flexibility index (Phi) is 3.73. The maximum Gasteiger partial charge on any atom is 0.0419 e. The van der Waals surface area contributed by atoms with E-state index in [9.17, 15) is 0 Å². The predicted molar refractivity (Wildman–Crippen MR) is 63.0 cm³/mol. The van der Waals surface area contributed by atoms with Crippen molar-refractivity contribution in [1.82, 2.24) is 10.3 Å². The minimum Gasteiger partial charge on any atom is -0.314 e.